The van der Waals surface area contributed by atoms with Crippen molar-refractivity contribution >= 4 is 33.3 Å². The predicted molar refractivity (Wildman–Crippen MR) is 76.7 cm³/mol. The highest BCUT2D eigenvalue weighted by molar-refractivity contribution is 9.10. The molecule has 100 valence electrons. The fourth-order valence-corrected chi connectivity index (χ4v) is 1.94. The molecule has 0 fully saturated rings. The minimum Gasteiger partial charge on any atom is -0.337 e. The molecule has 0 unspecified atom stereocenters. The molecule has 0 amide bonds. The Morgan fingerprint density at radius 2 is 1.89 bits per heavy atom. The zero-order chi connectivity index (χ0) is 14.0. The van der Waals surface area contributed by atoms with Crippen LogP contribution in [-0.2, 0) is 0 Å². The van der Waals surface area contributed by atoms with Gasteiger partial charge in [-0.25, -0.2) is 20.2 Å². The van der Waals surface area contributed by atoms with Gasteiger partial charge in [-0.1, -0.05) is 15.9 Å². The highest BCUT2D eigenvalue weighted by atomic mass is 79.9. The number of nitrogens with one attached hydrogen (secondary N) is 2. The van der Waals surface area contributed by atoms with E-state index in [2.05, 4.69) is 36.6 Å². The van der Waals surface area contributed by atoms with Crippen molar-refractivity contribution in [2.45, 2.75) is 13.8 Å². The van der Waals surface area contributed by atoms with Crippen LogP contribution in [-0.4, -0.2) is 9.97 Å². The van der Waals surface area contributed by atoms with Crippen LogP contribution in [0.3, 0.4) is 0 Å². The molecule has 2 rings (SSSR count). The van der Waals surface area contributed by atoms with Crippen LogP contribution in [0.1, 0.15) is 11.4 Å². The molecule has 7 heteroatoms. The van der Waals surface area contributed by atoms with Gasteiger partial charge in [0.1, 0.15) is 23.3 Å². The molecule has 2 aromatic rings. The third-order valence-electron chi connectivity index (χ3n) is 2.58. The molecule has 0 saturated carbocycles. The molecule has 0 atom stereocenters. The van der Waals surface area contributed by atoms with Crippen LogP contribution >= 0.6 is 15.9 Å². The standard InChI is InChI=1S/C12H13BrFN5/c1-6-11(16-7(2)17-12(6)19-15)18-10-4-3-8(13)5-9(10)14/h3-5H,15H2,1-2H3,(H2,16,17,18,19). The Balaban J connectivity index is 2.40. The molecule has 0 aliphatic carbocycles. The van der Waals surface area contributed by atoms with Crippen LogP contribution in [0.15, 0.2) is 22.7 Å². The Hall–Kier alpha value is -1.73. The fourth-order valence-electron chi connectivity index (χ4n) is 1.61. The first kappa shape index (κ1) is 13.7. The largest absolute Gasteiger partial charge is 0.337 e. The quantitative estimate of drug-likeness (QED) is 0.597. The van der Waals surface area contributed by atoms with Crippen LogP contribution in [0.25, 0.3) is 0 Å². The van der Waals surface area contributed by atoms with Crippen molar-refractivity contribution in [3.8, 4) is 0 Å². The van der Waals surface area contributed by atoms with Crippen molar-refractivity contribution < 1.29 is 4.39 Å². The molecule has 1 aromatic heterocycles. The Bertz CT molecular complexity index is 617. The molecule has 0 radical (unpaired) electrons. The van der Waals surface area contributed by atoms with Crippen LogP contribution in [0, 0.1) is 19.7 Å². The number of hydrogen-bond donors (Lipinski definition) is 3. The van der Waals surface area contributed by atoms with Gasteiger partial charge < -0.3 is 10.7 Å². The van der Waals surface area contributed by atoms with Gasteiger partial charge in [-0.3, -0.25) is 0 Å². The van der Waals surface area contributed by atoms with Crippen LogP contribution in [0.4, 0.5) is 21.7 Å². The van der Waals surface area contributed by atoms with Crippen molar-refractivity contribution in [3.63, 3.8) is 0 Å². The van der Waals surface area contributed by atoms with Gasteiger partial charge >= 0.3 is 0 Å². The maximum Gasteiger partial charge on any atom is 0.148 e. The van der Waals surface area contributed by atoms with Crippen molar-refractivity contribution in [3.05, 3.63) is 39.9 Å². The van der Waals surface area contributed by atoms with Gasteiger partial charge in [-0.15, -0.1) is 0 Å². The van der Waals surface area contributed by atoms with Gasteiger partial charge in [0.25, 0.3) is 0 Å². The second kappa shape index (κ2) is 5.50. The number of nitrogens with two attached hydrogens (primary N) is 1. The van der Waals surface area contributed by atoms with E-state index in [1.54, 1.807) is 26.0 Å². The van der Waals surface area contributed by atoms with Crippen LogP contribution < -0.4 is 16.6 Å². The van der Waals surface area contributed by atoms with Crippen molar-refractivity contribution in [1.82, 2.24) is 9.97 Å². The summed E-state index contributed by atoms with van der Waals surface area (Å²) in [5, 5.41) is 2.94. The maximum atomic E-state index is 13.8. The Kier molecular flexibility index (Phi) is 3.96. The smallest absolute Gasteiger partial charge is 0.148 e. The van der Waals surface area contributed by atoms with Crippen molar-refractivity contribution in [2.24, 2.45) is 5.84 Å². The lowest BCUT2D eigenvalue weighted by Gasteiger charge is -2.13. The molecule has 1 aromatic carbocycles. The number of hydrogen-bond acceptors (Lipinski definition) is 5. The number of aryl methyl sites for hydroxylation is 1. The summed E-state index contributed by atoms with van der Waals surface area (Å²) in [7, 11) is 0. The van der Waals surface area contributed by atoms with Crippen molar-refractivity contribution in [2.75, 3.05) is 10.7 Å². The molecule has 19 heavy (non-hydrogen) atoms. The molecule has 0 bridgehead atoms. The monoisotopic (exact) mass is 325 g/mol. The van der Waals surface area contributed by atoms with E-state index in [1.807, 2.05) is 0 Å². The molecule has 1 heterocycles. The minimum absolute atomic E-state index is 0.340. The second-order valence-electron chi connectivity index (χ2n) is 3.99. The predicted octanol–water partition coefficient (Wildman–Crippen LogP) is 3.02. The van der Waals surface area contributed by atoms with E-state index in [0.29, 0.717) is 27.6 Å². The number of rotatable bonds is 3. The van der Waals surface area contributed by atoms with E-state index >= 15 is 0 Å². The van der Waals surface area contributed by atoms with Crippen LogP contribution in [0.5, 0.6) is 0 Å². The third-order valence-corrected chi connectivity index (χ3v) is 3.07. The fraction of sp³-hybridized carbons (Fsp3) is 0.167. The lowest BCUT2D eigenvalue weighted by atomic mass is 10.2. The molecule has 0 spiro atoms. The van der Waals surface area contributed by atoms with E-state index < -0.39 is 0 Å². The molecular formula is C12H13BrFN5. The molecular weight excluding hydrogens is 313 g/mol. The zero-order valence-electron chi connectivity index (χ0n) is 10.5. The third kappa shape index (κ3) is 2.99. The number of aromatic nitrogens is 2. The van der Waals surface area contributed by atoms with E-state index in [1.165, 1.54) is 6.07 Å². The topological polar surface area (TPSA) is 75.9 Å². The molecule has 4 N–H and O–H groups in total. The molecule has 0 saturated heterocycles. The normalized spacial score (nSPS) is 10.4. The first-order chi connectivity index (χ1) is 9.01. The highest BCUT2D eigenvalue weighted by Gasteiger charge is 2.10. The first-order valence-electron chi connectivity index (χ1n) is 5.55. The SMILES string of the molecule is Cc1nc(NN)c(C)c(Nc2ccc(Br)cc2F)n1. The van der Waals surface area contributed by atoms with Gasteiger partial charge in [0.05, 0.1) is 5.69 Å². The maximum absolute atomic E-state index is 13.8. The van der Waals surface area contributed by atoms with E-state index in [4.69, 9.17) is 5.84 Å². The van der Waals surface area contributed by atoms with Gasteiger partial charge in [0.2, 0.25) is 0 Å². The minimum atomic E-state index is -0.368. The van der Waals surface area contributed by atoms with E-state index in [0.717, 1.165) is 5.56 Å². The molecule has 0 aliphatic rings. The van der Waals surface area contributed by atoms with Gasteiger partial charge in [0, 0.05) is 10.0 Å². The first-order valence-corrected chi connectivity index (χ1v) is 6.34. The van der Waals surface area contributed by atoms with Gasteiger partial charge in [-0.2, -0.15) is 0 Å². The lowest BCUT2D eigenvalue weighted by Crippen LogP contribution is -2.13. The number of anilines is 3. The van der Waals surface area contributed by atoms with Gasteiger partial charge in [0.15, 0.2) is 0 Å². The second-order valence-corrected chi connectivity index (χ2v) is 4.90. The highest BCUT2D eigenvalue weighted by Crippen LogP contribution is 2.26. The summed E-state index contributed by atoms with van der Waals surface area (Å²) in [6.07, 6.45) is 0. The van der Waals surface area contributed by atoms with E-state index in [9.17, 15) is 4.39 Å². The summed E-state index contributed by atoms with van der Waals surface area (Å²) < 4.78 is 14.5. The summed E-state index contributed by atoms with van der Waals surface area (Å²) in [6.45, 7) is 3.54. The molecule has 5 nitrogen and oxygen atoms in total. The lowest BCUT2D eigenvalue weighted by molar-refractivity contribution is 0.631. The molecule has 0 aliphatic heterocycles. The number of nitrogens with zero attached hydrogens (tertiary/aromatic N) is 2. The number of halogens is 2. The number of hydrazine groups is 1. The average molecular weight is 326 g/mol. The summed E-state index contributed by atoms with van der Waals surface area (Å²) >= 11 is 3.21. The summed E-state index contributed by atoms with van der Waals surface area (Å²) in [4.78, 5) is 8.39. The van der Waals surface area contributed by atoms with Crippen LogP contribution in [0.2, 0.25) is 0 Å². The van der Waals surface area contributed by atoms with Crippen molar-refractivity contribution in [1.29, 1.82) is 0 Å². The van der Waals surface area contributed by atoms with E-state index in [-0.39, 0.29) is 5.82 Å². The zero-order valence-corrected chi connectivity index (χ0v) is 12.0. The number of nitrogen functional groups attached to an aromatic ring is 1. The summed E-state index contributed by atoms with van der Waals surface area (Å²) in [6, 6.07) is 4.76. The summed E-state index contributed by atoms with van der Waals surface area (Å²) in [5.41, 5.74) is 3.55. The Morgan fingerprint density at radius 1 is 1.21 bits per heavy atom. The summed E-state index contributed by atoms with van der Waals surface area (Å²) in [5.74, 6) is 6.58. The average Bonchev–Trinajstić information content (AvgIpc) is 2.36. The Labute approximate surface area is 118 Å². The number of benzene rings is 1. The Morgan fingerprint density at radius 3 is 2.53 bits per heavy atom. The van der Waals surface area contributed by atoms with Gasteiger partial charge in [-0.05, 0) is 32.0 Å².